The first-order valence-electron chi connectivity index (χ1n) is 6.21. The first-order chi connectivity index (χ1) is 8.20. The molecular weight excluding hydrogens is 282 g/mol. The lowest BCUT2D eigenvalue weighted by molar-refractivity contribution is 0.0856. The quantitative estimate of drug-likeness (QED) is 0.928. The molecular formula is C12H18BrN3O. The molecule has 1 aromatic heterocycles. The van der Waals surface area contributed by atoms with Crippen molar-refractivity contribution in [3.05, 3.63) is 16.4 Å². The number of nitrogens with one attached hydrogen (secondary N) is 1. The van der Waals surface area contributed by atoms with Crippen LogP contribution in [0.25, 0.3) is 0 Å². The molecule has 2 fully saturated rings. The van der Waals surface area contributed by atoms with Gasteiger partial charge in [0.15, 0.2) is 0 Å². The molecule has 0 saturated carbocycles. The van der Waals surface area contributed by atoms with Crippen molar-refractivity contribution < 1.29 is 4.74 Å². The van der Waals surface area contributed by atoms with E-state index in [0.29, 0.717) is 24.2 Å². The Labute approximate surface area is 110 Å². The highest BCUT2D eigenvalue weighted by atomic mass is 79.9. The first kappa shape index (κ1) is 11.7. The van der Waals surface area contributed by atoms with E-state index in [4.69, 9.17) is 4.74 Å². The lowest BCUT2D eigenvalue weighted by atomic mass is 9.82. The predicted octanol–water partition coefficient (Wildman–Crippen LogP) is 2.01. The van der Waals surface area contributed by atoms with E-state index < -0.39 is 0 Å². The zero-order chi connectivity index (χ0) is 12.0. The summed E-state index contributed by atoms with van der Waals surface area (Å²) in [6.45, 7) is 0. The van der Waals surface area contributed by atoms with Crippen molar-refractivity contribution in [1.29, 1.82) is 0 Å². The maximum atomic E-state index is 5.96. The van der Waals surface area contributed by atoms with Crippen LogP contribution in [0.1, 0.15) is 31.0 Å². The zero-order valence-electron chi connectivity index (χ0n) is 10.2. The summed E-state index contributed by atoms with van der Waals surface area (Å²) in [4.78, 5) is 0. The van der Waals surface area contributed by atoms with E-state index in [2.05, 4.69) is 26.3 Å². The van der Waals surface area contributed by atoms with Crippen molar-refractivity contribution in [2.75, 3.05) is 7.05 Å². The molecule has 94 valence electrons. The van der Waals surface area contributed by atoms with Crippen LogP contribution in [0.5, 0.6) is 0 Å². The number of hydrogen-bond acceptors (Lipinski definition) is 3. The summed E-state index contributed by atoms with van der Waals surface area (Å²) in [7, 11) is 4.02. The number of fused-ring (bicyclic) bond motifs is 2. The van der Waals surface area contributed by atoms with E-state index in [0.717, 1.165) is 4.47 Å². The van der Waals surface area contributed by atoms with Crippen LogP contribution in [0.4, 0.5) is 0 Å². The molecule has 4 nitrogen and oxygen atoms in total. The average Bonchev–Trinajstić information content (AvgIpc) is 3.00. The second-order valence-corrected chi connectivity index (χ2v) is 5.90. The van der Waals surface area contributed by atoms with Crippen molar-refractivity contribution in [2.45, 2.75) is 37.5 Å². The van der Waals surface area contributed by atoms with Crippen LogP contribution < -0.4 is 5.32 Å². The standard InChI is InChI=1S/C12H18BrN3O/c1-14-11(12-9(13)6-15-16(12)2)8-5-7-3-4-10(8)17-7/h6-8,10-11,14H,3-5H2,1-2H3. The van der Waals surface area contributed by atoms with Crippen LogP contribution in [0.2, 0.25) is 0 Å². The number of hydrogen-bond donors (Lipinski definition) is 1. The van der Waals surface area contributed by atoms with Crippen molar-refractivity contribution in [1.82, 2.24) is 15.1 Å². The Balaban J connectivity index is 1.89. The van der Waals surface area contributed by atoms with E-state index in [-0.39, 0.29) is 0 Å². The second-order valence-electron chi connectivity index (χ2n) is 5.04. The molecule has 2 aliphatic heterocycles. The summed E-state index contributed by atoms with van der Waals surface area (Å²) in [5.41, 5.74) is 1.23. The van der Waals surface area contributed by atoms with Gasteiger partial charge in [0.05, 0.1) is 34.6 Å². The van der Waals surface area contributed by atoms with Crippen molar-refractivity contribution in [3.63, 3.8) is 0 Å². The number of nitrogens with zero attached hydrogens (tertiary/aromatic N) is 2. The van der Waals surface area contributed by atoms with E-state index >= 15 is 0 Å². The zero-order valence-corrected chi connectivity index (χ0v) is 11.8. The predicted molar refractivity (Wildman–Crippen MR) is 68.7 cm³/mol. The molecule has 5 heteroatoms. The number of aryl methyl sites for hydroxylation is 1. The molecule has 17 heavy (non-hydrogen) atoms. The molecule has 0 aromatic carbocycles. The molecule has 2 aliphatic rings. The molecule has 3 rings (SSSR count). The third-order valence-electron chi connectivity index (χ3n) is 4.12. The van der Waals surface area contributed by atoms with E-state index in [1.165, 1.54) is 25.0 Å². The van der Waals surface area contributed by atoms with Gasteiger partial charge in [-0.3, -0.25) is 4.68 Å². The minimum absolute atomic E-state index is 0.326. The Morgan fingerprint density at radius 1 is 1.59 bits per heavy atom. The minimum atomic E-state index is 0.326. The molecule has 1 N–H and O–H groups in total. The van der Waals surface area contributed by atoms with Gasteiger partial charge in [-0.1, -0.05) is 0 Å². The fourth-order valence-corrected chi connectivity index (χ4v) is 3.95. The monoisotopic (exact) mass is 299 g/mol. The van der Waals surface area contributed by atoms with E-state index in [1.54, 1.807) is 0 Å². The van der Waals surface area contributed by atoms with Gasteiger partial charge in [0, 0.05) is 13.0 Å². The van der Waals surface area contributed by atoms with Crippen LogP contribution in [-0.2, 0) is 11.8 Å². The Hall–Kier alpha value is -0.390. The molecule has 4 atom stereocenters. The largest absolute Gasteiger partial charge is 0.375 e. The summed E-state index contributed by atoms with van der Waals surface area (Å²) >= 11 is 3.59. The van der Waals surface area contributed by atoms with Crippen LogP contribution in [0, 0.1) is 5.92 Å². The van der Waals surface area contributed by atoms with Crippen LogP contribution in [0.15, 0.2) is 10.7 Å². The van der Waals surface area contributed by atoms with Gasteiger partial charge in [-0.05, 0) is 42.2 Å². The molecule has 1 aromatic rings. The molecule has 2 saturated heterocycles. The minimum Gasteiger partial charge on any atom is -0.375 e. The second kappa shape index (κ2) is 4.37. The Morgan fingerprint density at radius 3 is 2.88 bits per heavy atom. The molecule has 4 unspecified atom stereocenters. The highest BCUT2D eigenvalue weighted by Gasteiger charge is 2.45. The van der Waals surface area contributed by atoms with Gasteiger partial charge in [-0.15, -0.1) is 0 Å². The topological polar surface area (TPSA) is 39.1 Å². The molecule has 0 radical (unpaired) electrons. The van der Waals surface area contributed by atoms with Crippen LogP contribution in [-0.4, -0.2) is 29.0 Å². The first-order valence-corrected chi connectivity index (χ1v) is 7.00. The number of ether oxygens (including phenoxy) is 1. The molecule has 0 spiro atoms. The van der Waals surface area contributed by atoms with Gasteiger partial charge in [0.25, 0.3) is 0 Å². The van der Waals surface area contributed by atoms with Crippen molar-refractivity contribution >= 4 is 15.9 Å². The molecule has 2 bridgehead atoms. The van der Waals surface area contributed by atoms with E-state index in [1.807, 2.05) is 25.0 Å². The van der Waals surface area contributed by atoms with Gasteiger partial charge in [0.2, 0.25) is 0 Å². The van der Waals surface area contributed by atoms with Crippen LogP contribution in [0.3, 0.4) is 0 Å². The van der Waals surface area contributed by atoms with Gasteiger partial charge >= 0.3 is 0 Å². The van der Waals surface area contributed by atoms with Gasteiger partial charge < -0.3 is 10.1 Å². The summed E-state index contributed by atoms with van der Waals surface area (Å²) in [5.74, 6) is 0.574. The van der Waals surface area contributed by atoms with Crippen molar-refractivity contribution in [2.24, 2.45) is 13.0 Å². The lowest BCUT2D eigenvalue weighted by Crippen LogP contribution is -2.33. The van der Waals surface area contributed by atoms with Gasteiger partial charge in [0.1, 0.15) is 0 Å². The summed E-state index contributed by atoms with van der Waals surface area (Å²) in [6.07, 6.45) is 6.42. The highest BCUT2D eigenvalue weighted by molar-refractivity contribution is 9.10. The number of halogens is 1. The third kappa shape index (κ3) is 1.84. The molecule has 3 heterocycles. The van der Waals surface area contributed by atoms with Gasteiger partial charge in [-0.25, -0.2) is 0 Å². The Kier molecular flexibility index (Phi) is 3.00. The van der Waals surface area contributed by atoms with Gasteiger partial charge in [-0.2, -0.15) is 5.10 Å². The number of rotatable bonds is 3. The highest BCUT2D eigenvalue weighted by Crippen LogP contribution is 2.45. The van der Waals surface area contributed by atoms with Crippen molar-refractivity contribution in [3.8, 4) is 0 Å². The maximum absolute atomic E-state index is 5.96. The summed E-state index contributed by atoms with van der Waals surface area (Å²) in [5, 5.41) is 7.75. The van der Waals surface area contributed by atoms with Crippen LogP contribution >= 0.6 is 15.9 Å². The smallest absolute Gasteiger partial charge is 0.0696 e. The Bertz CT molecular complexity index is 400. The fourth-order valence-electron chi connectivity index (χ4n) is 3.35. The molecule has 0 aliphatic carbocycles. The summed E-state index contributed by atoms with van der Waals surface area (Å²) in [6, 6.07) is 0.326. The lowest BCUT2D eigenvalue weighted by Gasteiger charge is -2.28. The van der Waals surface area contributed by atoms with E-state index in [9.17, 15) is 0 Å². The number of aromatic nitrogens is 2. The molecule has 0 amide bonds. The normalized spacial score (nSPS) is 33.2. The third-order valence-corrected chi connectivity index (χ3v) is 4.74. The SMILES string of the molecule is CNC(c1c(Br)cnn1C)C1CC2CCC1O2. The maximum Gasteiger partial charge on any atom is 0.0696 e. The Morgan fingerprint density at radius 2 is 2.41 bits per heavy atom. The summed E-state index contributed by atoms with van der Waals surface area (Å²) < 4.78 is 9.00. The fraction of sp³-hybridized carbons (Fsp3) is 0.750. The average molecular weight is 300 g/mol.